The predicted molar refractivity (Wildman–Crippen MR) is 93.2 cm³/mol. The average Bonchev–Trinajstić information content (AvgIpc) is 3.04. The molecule has 3 rings (SSSR count). The van der Waals surface area contributed by atoms with E-state index in [4.69, 9.17) is 4.74 Å². The first-order valence-corrected chi connectivity index (χ1v) is 8.13. The first-order valence-electron chi connectivity index (χ1n) is 7.25. The van der Waals surface area contributed by atoms with Crippen LogP contribution in [0.4, 0.5) is 10.8 Å². The minimum absolute atomic E-state index is 0.812. The Hall–Kier alpha value is -2.33. The maximum Gasteiger partial charge on any atom is 0.187 e. The molecule has 0 spiro atoms. The Morgan fingerprint density at radius 3 is 2.59 bits per heavy atom. The van der Waals surface area contributed by atoms with Crippen LogP contribution in [0.25, 0.3) is 11.3 Å². The number of rotatable bonds is 5. The van der Waals surface area contributed by atoms with Crippen molar-refractivity contribution < 1.29 is 4.74 Å². The monoisotopic (exact) mass is 310 g/mol. The van der Waals surface area contributed by atoms with E-state index in [0.29, 0.717) is 0 Å². The van der Waals surface area contributed by atoms with Gasteiger partial charge in [-0.25, -0.2) is 4.98 Å². The largest absolute Gasteiger partial charge is 0.495 e. The summed E-state index contributed by atoms with van der Waals surface area (Å²) in [5, 5.41) is 6.25. The third-order valence-electron chi connectivity index (χ3n) is 3.51. The van der Waals surface area contributed by atoms with E-state index in [1.54, 1.807) is 18.4 Å². The molecule has 0 aliphatic carbocycles. The van der Waals surface area contributed by atoms with Crippen molar-refractivity contribution >= 4 is 22.2 Å². The van der Waals surface area contributed by atoms with E-state index < -0.39 is 0 Å². The highest BCUT2D eigenvalue weighted by Gasteiger charge is 2.07. The van der Waals surface area contributed by atoms with Gasteiger partial charge in [0.15, 0.2) is 5.13 Å². The zero-order chi connectivity index (χ0) is 15.4. The molecule has 0 amide bonds. The van der Waals surface area contributed by atoms with Gasteiger partial charge >= 0.3 is 0 Å². The molecule has 0 aliphatic heterocycles. The van der Waals surface area contributed by atoms with Crippen molar-refractivity contribution in [1.82, 2.24) is 4.98 Å². The number of para-hydroxylation sites is 2. The van der Waals surface area contributed by atoms with Crippen molar-refractivity contribution in [2.24, 2.45) is 0 Å². The Labute approximate surface area is 134 Å². The second kappa shape index (κ2) is 6.62. The Kier molecular flexibility index (Phi) is 4.39. The fraction of sp³-hybridized carbons (Fsp3) is 0.167. The van der Waals surface area contributed by atoms with Crippen molar-refractivity contribution in [3.05, 3.63) is 59.5 Å². The molecular weight excluding hydrogens is 292 g/mol. The van der Waals surface area contributed by atoms with Gasteiger partial charge in [0.2, 0.25) is 0 Å². The number of methoxy groups -OCH3 is 1. The summed E-state index contributed by atoms with van der Waals surface area (Å²) >= 11 is 1.59. The number of aromatic nitrogens is 1. The number of aryl methyl sites for hydroxylation is 1. The van der Waals surface area contributed by atoms with E-state index in [2.05, 4.69) is 46.9 Å². The molecule has 0 bridgehead atoms. The van der Waals surface area contributed by atoms with E-state index >= 15 is 0 Å². The summed E-state index contributed by atoms with van der Waals surface area (Å²) in [4.78, 5) is 4.66. The summed E-state index contributed by atoms with van der Waals surface area (Å²) in [6, 6.07) is 16.4. The Morgan fingerprint density at radius 1 is 1.09 bits per heavy atom. The number of thiazole rings is 1. The molecule has 0 unspecified atom stereocenters. The van der Waals surface area contributed by atoms with Gasteiger partial charge in [-0.15, -0.1) is 11.3 Å². The van der Waals surface area contributed by atoms with Crippen molar-refractivity contribution in [1.29, 1.82) is 0 Å². The van der Waals surface area contributed by atoms with Crippen LogP contribution in [0.3, 0.4) is 0 Å². The second-order valence-corrected chi connectivity index (χ2v) is 5.77. The van der Waals surface area contributed by atoms with Gasteiger partial charge in [-0.05, 0) is 24.1 Å². The van der Waals surface area contributed by atoms with E-state index in [9.17, 15) is 0 Å². The highest BCUT2D eigenvalue weighted by atomic mass is 32.1. The molecule has 1 heterocycles. The molecular formula is C18H18N2OS. The van der Waals surface area contributed by atoms with Crippen LogP contribution >= 0.6 is 11.3 Å². The Bertz CT molecular complexity index is 750. The molecule has 3 nitrogen and oxygen atoms in total. The van der Waals surface area contributed by atoms with Crippen LogP contribution in [0.2, 0.25) is 0 Å². The van der Waals surface area contributed by atoms with Gasteiger partial charge in [0.1, 0.15) is 5.75 Å². The van der Waals surface area contributed by atoms with Gasteiger partial charge in [-0.3, -0.25) is 0 Å². The van der Waals surface area contributed by atoms with E-state index in [0.717, 1.165) is 34.2 Å². The van der Waals surface area contributed by atoms with E-state index in [1.165, 1.54) is 5.56 Å². The third kappa shape index (κ3) is 3.12. The Balaban J connectivity index is 1.81. The maximum atomic E-state index is 5.35. The fourth-order valence-corrected chi connectivity index (χ4v) is 2.97. The minimum Gasteiger partial charge on any atom is -0.495 e. The summed E-state index contributed by atoms with van der Waals surface area (Å²) in [6.45, 7) is 2.16. The first kappa shape index (κ1) is 14.6. The van der Waals surface area contributed by atoms with Crippen molar-refractivity contribution in [2.75, 3.05) is 12.4 Å². The van der Waals surface area contributed by atoms with Crippen LogP contribution in [0.5, 0.6) is 5.75 Å². The molecule has 0 atom stereocenters. The average molecular weight is 310 g/mol. The van der Waals surface area contributed by atoms with Crippen LogP contribution in [0.1, 0.15) is 12.5 Å². The standard InChI is InChI=1S/C18H18N2OS/c1-3-13-8-10-14(11-9-13)16-12-22-18(20-16)19-15-6-4-5-7-17(15)21-2/h4-12H,3H2,1-2H3,(H,19,20). The summed E-state index contributed by atoms with van der Waals surface area (Å²) < 4.78 is 5.35. The topological polar surface area (TPSA) is 34.1 Å². The predicted octanol–water partition coefficient (Wildman–Crippen LogP) is 5.12. The minimum atomic E-state index is 0.812. The summed E-state index contributed by atoms with van der Waals surface area (Å²) in [6.07, 6.45) is 1.05. The zero-order valence-corrected chi connectivity index (χ0v) is 13.5. The number of anilines is 2. The molecule has 0 fully saturated rings. The molecule has 22 heavy (non-hydrogen) atoms. The lowest BCUT2D eigenvalue weighted by atomic mass is 10.1. The summed E-state index contributed by atoms with van der Waals surface area (Å²) in [7, 11) is 1.67. The van der Waals surface area contributed by atoms with Gasteiger partial charge in [0.05, 0.1) is 18.5 Å². The summed E-state index contributed by atoms with van der Waals surface area (Å²) in [5.41, 5.74) is 4.39. The van der Waals surface area contributed by atoms with Crippen molar-refractivity contribution in [2.45, 2.75) is 13.3 Å². The van der Waals surface area contributed by atoms with Crippen LogP contribution < -0.4 is 10.1 Å². The summed E-state index contributed by atoms with van der Waals surface area (Å²) in [5.74, 6) is 0.812. The van der Waals surface area contributed by atoms with Crippen LogP contribution in [-0.4, -0.2) is 12.1 Å². The molecule has 112 valence electrons. The number of hydrogen-bond donors (Lipinski definition) is 1. The molecule has 2 aromatic carbocycles. The van der Waals surface area contributed by atoms with Gasteiger partial charge in [0, 0.05) is 10.9 Å². The molecule has 0 saturated heterocycles. The van der Waals surface area contributed by atoms with Crippen LogP contribution in [0.15, 0.2) is 53.9 Å². The van der Waals surface area contributed by atoms with Crippen LogP contribution in [0, 0.1) is 0 Å². The lowest BCUT2D eigenvalue weighted by molar-refractivity contribution is 0.417. The molecule has 4 heteroatoms. The highest BCUT2D eigenvalue weighted by Crippen LogP contribution is 2.31. The lowest BCUT2D eigenvalue weighted by Gasteiger charge is -2.08. The SMILES string of the molecule is CCc1ccc(-c2csc(Nc3ccccc3OC)n2)cc1. The number of benzene rings is 2. The quantitative estimate of drug-likeness (QED) is 0.710. The van der Waals surface area contributed by atoms with Gasteiger partial charge in [-0.1, -0.05) is 43.3 Å². The number of ether oxygens (including phenoxy) is 1. The second-order valence-electron chi connectivity index (χ2n) is 4.91. The molecule has 0 aliphatic rings. The molecule has 1 aromatic heterocycles. The van der Waals surface area contributed by atoms with Crippen molar-refractivity contribution in [3.8, 4) is 17.0 Å². The van der Waals surface area contributed by atoms with Gasteiger partial charge in [0.25, 0.3) is 0 Å². The van der Waals surface area contributed by atoms with E-state index in [1.807, 2.05) is 24.3 Å². The van der Waals surface area contributed by atoms with Crippen molar-refractivity contribution in [3.63, 3.8) is 0 Å². The fourth-order valence-electron chi connectivity index (χ4n) is 2.24. The highest BCUT2D eigenvalue weighted by molar-refractivity contribution is 7.14. The zero-order valence-electron chi connectivity index (χ0n) is 12.7. The van der Waals surface area contributed by atoms with Gasteiger partial charge < -0.3 is 10.1 Å². The normalized spacial score (nSPS) is 10.5. The van der Waals surface area contributed by atoms with Gasteiger partial charge in [-0.2, -0.15) is 0 Å². The molecule has 0 saturated carbocycles. The van der Waals surface area contributed by atoms with Crippen LogP contribution in [-0.2, 0) is 6.42 Å². The van der Waals surface area contributed by atoms with E-state index in [-0.39, 0.29) is 0 Å². The number of nitrogens with zero attached hydrogens (tertiary/aromatic N) is 1. The molecule has 3 aromatic rings. The first-order chi connectivity index (χ1) is 10.8. The lowest BCUT2D eigenvalue weighted by Crippen LogP contribution is -1.93. The Morgan fingerprint density at radius 2 is 1.86 bits per heavy atom. The third-order valence-corrected chi connectivity index (χ3v) is 4.27. The number of nitrogens with one attached hydrogen (secondary N) is 1. The molecule has 1 N–H and O–H groups in total. The maximum absolute atomic E-state index is 5.35. The molecule has 0 radical (unpaired) electrons. The number of hydrogen-bond acceptors (Lipinski definition) is 4. The smallest absolute Gasteiger partial charge is 0.187 e.